The Labute approximate surface area is 170 Å². The third kappa shape index (κ3) is 4.09. The summed E-state index contributed by atoms with van der Waals surface area (Å²) < 4.78 is 24.7. The lowest BCUT2D eigenvalue weighted by Crippen LogP contribution is -2.18. The number of ether oxygens (including phenoxy) is 2. The fourth-order valence-corrected chi connectivity index (χ4v) is 3.54. The quantitative estimate of drug-likeness (QED) is 0.550. The number of hydrazone groups is 1. The van der Waals surface area contributed by atoms with Crippen molar-refractivity contribution in [3.63, 3.8) is 0 Å². The first-order chi connectivity index (χ1) is 14.2. The zero-order chi connectivity index (χ0) is 20.2. The number of methoxy groups -OCH3 is 1. The van der Waals surface area contributed by atoms with Crippen molar-refractivity contribution in [2.24, 2.45) is 5.10 Å². The summed E-state index contributed by atoms with van der Waals surface area (Å²) in [6, 6.07) is 22.4. The first-order valence-corrected chi connectivity index (χ1v) is 9.67. The van der Waals surface area contributed by atoms with Gasteiger partial charge in [-0.3, -0.25) is 5.01 Å². The van der Waals surface area contributed by atoms with Gasteiger partial charge in [0.1, 0.15) is 17.3 Å². The van der Waals surface area contributed by atoms with E-state index in [1.165, 1.54) is 12.1 Å². The second-order valence-electron chi connectivity index (χ2n) is 6.82. The van der Waals surface area contributed by atoms with Gasteiger partial charge in [-0.05, 0) is 72.6 Å². The Kier molecular flexibility index (Phi) is 5.47. The van der Waals surface area contributed by atoms with Gasteiger partial charge in [-0.1, -0.05) is 18.2 Å². The SMILES string of the molecule is CCOc1ccc(C2=NN(c3cccc(F)c3)C(c3ccc(OC)cc3)C2)cc1. The minimum absolute atomic E-state index is 0.0238. The predicted molar refractivity (Wildman–Crippen MR) is 113 cm³/mol. The summed E-state index contributed by atoms with van der Waals surface area (Å²) in [7, 11) is 1.65. The minimum atomic E-state index is -0.277. The van der Waals surface area contributed by atoms with Crippen LogP contribution >= 0.6 is 0 Å². The second-order valence-corrected chi connectivity index (χ2v) is 6.82. The first kappa shape index (κ1) is 19.0. The highest BCUT2D eigenvalue weighted by atomic mass is 19.1. The van der Waals surface area contributed by atoms with Crippen LogP contribution in [0, 0.1) is 5.82 Å². The average molecular weight is 390 g/mol. The van der Waals surface area contributed by atoms with Crippen molar-refractivity contribution in [2.45, 2.75) is 19.4 Å². The summed E-state index contributed by atoms with van der Waals surface area (Å²) in [5.41, 5.74) is 3.82. The fourth-order valence-electron chi connectivity index (χ4n) is 3.54. The molecule has 1 unspecified atom stereocenters. The summed E-state index contributed by atoms with van der Waals surface area (Å²) >= 11 is 0. The summed E-state index contributed by atoms with van der Waals surface area (Å²) in [5, 5.41) is 6.76. The molecule has 0 N–H and O–H groups in total. The van der Waals surface area contributed by atoms with E-state index in [1.54, 1.807) is 13.2 Å². The van der Waals surface area contributed by atoms with Crippen LogP contribution in [0.3, 0.4) is 0 Å². The van der Waals surface area contributed by atoms with Crippen LogP contribution in [0.1, 0.15) is 30.5 Å². The molecule has 148 valence electrons. The molecule has 0 aliphatic carbocycles. The molecular formula is C24H23FN2O2. The maximum absolute atomic E-state index is 13.9. The van der Waals surface area contributed by atoms with Crippen LogP contribution in [0.25, 0.3) is 0 Å². The van der Waals surface area contributed by atoms with Gasteiger partial charge in [0.15, 0.2) is 0 Å². The van der Waals surface area contributed by atoms with Gasteiger partial charge in [-0.2, -0.15) is 5.10 Å². The van der Waals surface area contributed by atoms with Crippen molar-refractivity contribution in [2.75, 3.05) is 18.7 Å². The lowest BCUT2D eigenvalue weighted by molar-refractivity contribution is 0.340. The maximum atomic E-state index is 13.9. The Morgan fingerprint density at radius 2 is 1.72 bits per heavy atom. The molecule has 0 bridgehead atoms. The zero-order valence-electron chi connectivity index (χ0n) is 16.5. The Balaban J connectivity index is 1.69. The van der Waals surface area contributed by atoms with Gasteiger partial charge < -0.3 is 9.47 Å². The second kappa shape index (κ2) is 8.35. The predicted octanol–water partition coefficient (Wildman–Crippen LogP) is 5.59. The molecule has 1 aliphatic rings. The van der Waals surface area contributed by atoms with Gasteiger partial charge in [0.2, 0.25) is 0 Å². The Hall–Kier alpha value is -3.34. The standard InChI is InChI=1S/C24H23FN2O2/c1-3-29-22-13-7-17(8-14-22)23-16-24(18-9-11-21(28-2)12-10-18)27(26-23)20-6-4-5-19(25)15-20/h4-15,24H,3,16H2,1-2H3. The van der Waals surface area contributed by atoms with Crippen molar-refractivity contribution >= 4 is 11.4 Å². The molecule has 0 saturated carbocycles. The van der Waals surface area contributed by atoms with Crippen LogP contribution in [0.15, 0.2) is 77.9 Å². The molecular weight excluding hydrogens is 367 g/mol. The number of anilines is 1. The molecule has 3 aromatic rings. The van der Waals surface area contributed by atoms with E-state index < -0.39 is 0 Å². The number of rotatable bonds is 6. The summed E-state index contributed by atoms with van der Waals surface area (Å²) in [6.07, 6.45) is 0.719. The van der Waals surface area contributed by atoms with Crippen LogP contribution in [-0.2, 0) is 0 Å². The summed E-state index contributed by atoms with van der Waals surface area (Å²) in [5.74, 6) is 1.36. The van der Waals surface area contributed by atoms with Crippen LogP contribution in [0.5, 0.6) is 11.5 Å². The molecule has 4 nitrogen and oxygen atoms in total. The van der Waals surface area contributed by atoms with E-state index in [9.17, 15) is 4.39 Å². The number of halogens is 1. The first-order valence-electron chi connectivity index (χ1n) is 9.67. The monoisotopic (exact) mass is 390 g/mol. The third-order valence-electron chi connectivity index (χ3n) is 4.98. The molecule has 4 rings (SSSR count). The van der Waals surface area contributed by atoms with Crippen LogP contribution in [0.4, 0.5) is 10.1 Å². The molecule has 1 atom stereocenters. The van der Waals surface area contributed by atoms with Crippen molar-refractivity contribution in [1.82, 2.24) is 0 Å². The molecule has 5 heteroatoms. The highest BCUT2D eigenvalue weighted by molar-refractivity contribution is 6.03. The van der Waals surface area contributed by atoms with Crippen molar-refractivity contribution in [3.05, 3.63) is 89.7 Å². The molecule has 0 saturated heterocycles. The van der Waals surface area contributed by atoms with Gasteiger partial charge in [0.05, 0.1) is 31.2 Å². The van der Waals surface area contributed by atoms with Crippen LogP contribution < -0.4 is 14.5 Å². The highest BCUT2D eigenvalue weighted by Crippen LogP contribution is 2.37. The van der Waals surface area contributed by atoms with Crippen LogP contribution in [0.2, 0.25) is 0 Å². The van der Waals surface area contributed by atoms with Gasteiger partial charge in [0.25, 0.3) is 0 Å². The highest BCUT2D eigenvalue weighted by Gasteiger charge is 2.30. The largest absolute Gasteiger partial charge is 0.497 e. The topological polar surface area (TPSA) is 34.1 Å². The molecule has 0 amide bonds. The summed E-state index contributed by atoms with van der Waals surface area (Å²) in [6.45, 7) is 2.60. The molecule has 1 heterocycles. The fraction of sp³-hybridized carbons (Fsp3) is 0.208. The van der Waals surface area contributed by atoms with Gasteiger partial charge in [0, 0.05) is 6.42 Å². The maximum Gasteiger partial charge on any atom is 0.125 e. The Morgan fingerprint density at radius 1 is 1.00 bits per heavy atom. The van der Waals surface area contributed by atoms with Gasteiger partial charge >= 0.3 is 0 Å². The number of hydrogen-bond donors (Lipinski definition) is 0. The van der Waals surface area contributed by atoms with E-state index in [1.807, 2.05) is 66.5 Å². The van der Waals surface area contributed by atoms with E-state index in [4.69, 9.17) is 14.6 Å². The van der Waals surface area contributed by atoms with Crippen molar-refractivity contribution in [1.29, 1.82) is 0 Å². The lowest BCUT2D eigenvalue weighted by atomic mass is 9.98. The smallest absolute Gasteiger partial charge is 0.125 e. The molecule has 29 heavy (non-hydrogen) atoms. The number of benzene rings is 3. The molecule has 0 aromatic heterocycles. The van der Waals surface area contributed by atoms with E-state index >= 15 is 0 Å². The van der Waals surface area contributed by atoms with Crippen molar-refractivity contribution < 1.29 is 13.9 Å². The number of hydrogen-bond acceptors (Lipinski definition) is 4. The molecule has 1 aliphatic heterocycles. The van der Waals surface area contributed by atoms with E-state index in [0.717, 1.165) is 40.4 Å². The molecule has 0 fully saturated rings. The normalized spacial score (nSPS) is 15.9. The van der Waals surface area contributed by atoms with E-state index in [-0.39, 0.29) is 11.9 Å². The van der Waals surface area contributed by atoms with Gasteiger partial charge in [-0.25, -0.2) is 4.39 Å². The van der Waals surface area contributed by atoms with E-state index in [0.29, 0.717) is 6.61 Å². The Morgan fingerprint density at radius 3 is 2.38 bits per heavy atom. The number of nitrogens with zero attached hydrogens (tertiary/aromatic N) is 2. The molecule has 0 radical (unpaired) electrons. The molecule has 3 aromatic carbocycles. The minimum Gasteiger partial charge on any atom is -0.497 e. The lowest BCUT2D eigenvalue weighted by Gasteiger charge is -2.24. The zero-order valence-corrected chi connectivity index (χ0v) is 16.5. The average Bonchev–Trinajstić information content (AvgIpc) is 3.20. The van der Waals surface area contributed by atoms with E-state index in [2.05, 4.69) is 0 Å². The Bertz CT molecular complexity index is 1000. The molecule has 0 spiro atoms. The van der Waals surface area contributed by atoms with Crippen LogP contribution in [-0.4, -0.2) is 19.4 Å². The van der Waals surface area contributed by atoms with Crippen molar-refractivity contribution in [3.8, 4) is 11.5 Å². The third-order valence-corrected chi connectivity index (χ3v) is 4.98. The summed E-state index contributed by atoms with van der Waals surface area (Å²) in [4.78, 5) is 0. The van der Waals surface area contributed by atoms with Gasteiger partial charge in [-0.15, -0.1) is 0 Å².